The number of rotatable bonds is 7. The third-order valence-electron chi connectivity index (χ3n) is 3.08. The molecule has 0 radical (unpaired) electrons. The monoisotopic (exact) mass is 228 g/mol. The largest absolute Gasteiger partial charge is 0.380 e. The molecule has 1 amide bonds. The molecular formula is C12H24N2O2. The number of ether oxygens (including phenoxy) is 1. The Hall–Kier alpha value is -0.610. The molecule has 1 saturated heterocycles. The van der Waals surface area contributed by atoms with Crippen LogP contribution in [0.2, 0.25) is 0 Å². The summed E-state index contributed by atoms with van der Waals surface area (Å²) in [7, 11) is 0. The highest BCUT2D eigenvalue weighted by Gasteiger charge is 2.32. The summed E-state index contributed by atoms with van der Waals surface area (Å²) in [6.45, 7) is 11.2. The Morgan fingerprint density at radius 1 is 1.38 bits per heavy atom. The molecule has 0 aromatic heterocycles. The zero-order chi connectivity index (χ0) is 12.0. The number of amides is 1. The first-order chi connectivity index (χ1) is 7.61. The summed E-state index contributed by atoms with van der Waals surface area (Å²) in [5, 5.41) is 3.33. The fourth-order valence-electron chi connectivity index (χ4n) is 1.87. The van der Waals surface area contributed by atoms with Crippen LogP contribution in [-0.2, 0) is 9.53 Å². The molecule has 0 aromatic rings. The molecule has 1 aliphatic heterocycles. The van der Waals surface area contributed by atoms with Crippen LogP contribution in [0.5, 0.6) is 0 Å². The Kier molecular flexibility index (Phi) is 5.22. The fourth-order valence-corrected chi connectivity index (χ4v) is 1.87. The second-order valence-corrected chi connectivity index (χ2v) is 4.80. The highest BCUT2D eigenvalue weighted by Crippen LogP contribution is 2.24. The van der Waals surface area contributed by atoms with E-state index in [0.29, 0.717) is 6.42 Å². The van der Waals surface area contributed by atoms with Gasteiger partial charge in [-0.2, -0.15) is 0 Å². The minimum absolute atomic E-state index is 0.243. The van der Waals surface area contributed by atoms with Gasteiger partial charge in [-0.3, -0.25) is 4.79 Å². The molecule has 94 valence electrons. The maximum Gasteiger partial charge on any atom is 0.223 e. The number of hydrogen-bond donors (Lipinski definition) is 1. The molecule has 0 atom stereocenters. The SMILES string of the molecule is CCN(CC)C(=O)CCNCC1(C)COC1. The summed E-state index contributed by atoms with van der Waals surface area (Å²) < 4.78 is 5.17. The lowest BCUT2D eigenvalue weighted by atomic mass is 9.89. The third-order valence-corrected chi connectivity index (χ3v) is 3.08. The standard InChI is InChI=1S/C12H24N2O2/c1-4-14(5-2)11(15)6-7-13-8-12(3)9-16-10-12/h13H,4-10H2,1-3H3. The number of carbonyl (C=O) groups excluding carboxylic acids is 1. The third kappa shape index (κ3) is 3.76. The van der Waals surface area contributed by atoms with Crippen molar-refractivity contribution in [2.75, 3.05) is 39.4 Å². The first-order valence-electron chi connectivity index (χ1n) is 6.17. The zero-order valence-corrected chi connectivity index (χ0v) is 10.7. The quantitative estimate of drug-likeness (QED) is 0.657. The minimum atomic E-state index is 0.243. The first kappa shape index (κ1) is 13.5. The van der Waals surface area contributed by atoms with Gasteiger partial charge in [-0.1, -0.05) is 6.92 Å². The Morgan fingerprint density at radius 3 is 2.44 bits per heavy atom. The summed E-state index contributed by atoms with van der Waals surface area (Å²) >= 11 is 0. The van der Waals surface area contributed by atoms with E-state index in [9.17, 15) is 4.79 Å². The summed E-state index contributed by atoms with van der Waals surface area (Å²) in [5.74, 6) is 0.243. The Bertz CT molecular complexity index is 223. The van der Waals surface area contributed by atoms with Crippen LogP contribution in [0.25, 0.3) is 0 Å². The highest BCUT2D eigenvalue weighted by molar-refractivity contribution is 5.76. The molecule has 0 bridgehead atoms. The first-order valence-corrected chi connectivity index (χ1v) is 6.17. The molecule has 1 aliphatic rings. The van der Waals surface area contributed by atoms with Gasteiger partial charge in [0.05, 0.1) is 13.2 Å². The average molecular weight is 228 g/mol. The maximum atomic E-state index is 11.7. The van der Waals surface area contributed by atoms with Gasteiger partial charge in [0.2, 0.25) is 5.91 Å². The molecule has 0 unspecified atom stereocenters. The molecule has 1 heterocycles. The molecule has 1 fully saturated rings. The van der Waals surface area contributed by atoms with Crippen molar-refractivity contribution in [3.8, 4) is 0 Å². The Morgan fingerprint density at radius 2 is 2.00 bits per heavy atom. The van der Waals surface area contributed by atoms with Crippen molar-refractivity contribution in [3.63, 3.8) is 0 Å². The molecule has 0 aliphatic carbocycles. The molecule has 4 heteroatoms. The van der Waals surface area contributed by atoms with Gasteiger partial charge in [0, 0.05) is 38.0 Å². The minimum Gasteiger partial charge on any atom is -0.380 e. The normalized spacial score (nSPS) is 17.9. The van der Waals surface area contributed by atoms with Gasteiger partial charge in [-0.05, 0) is 13.8 Å². The van der Waals surface area contributed by atoms with Crippen LogP contribution in [0.15, 0.2) is 0 Å². The van der Waals surface area contributed by atoms with Crippen molar-refractivity contribution in [3.05, 3.63) is 0 Å². The Balaban J connectivity index is 2.08. The fraction of sp³-hybridized carbons (Fsp3) is 0.917. The second kappa shape index (κ2) is 6.21. The molecule has 4 nitrogen and oxygen atoms in total. The van der Waals surface area contributed by atoms with E-state index in [1.165, 1.54) is 0 Å². The smallest absolute Gasteiger partial charge is 0.223 e. The van der Waals surface area contributed by atoms with Crippen molar-refractivity contribution in [1.29, 1.82) is 0 Å². The summed E-state index contributed by atoms with van der Waals surface area (Å²) in [6.07, 6.45) is 0.596. The number of nitrogens with one attached hydrogen (secondary N) is 1. The van der Waals surface area contributed by atoms with Gasteiger partial charge in [0.1, 0.15) is 0 Å². The average Bonchev–Trinajstić information content (AvgIpc) is 2.23. The molecule has 0 saturated carbocycles. The van der Waals surface area contributed by atoms with E-state index in [2.05, 4.69) is 12.2 Å². The predicted molar refractivity (Wildman–Crippen MR) is 64.3 cm³/mol. The molecule has 1 N–H and O–H groups in total. The van der Waals surface area contributed by atoms with Crippen molar-refractivity contribution >= 4 is 5.91 Å². The van der Waals surface area contributed by atoms with Crippen LogP contribution in [0.1, 0.15) is 27.2 Å². The molecule has 16 heavy (non-hydrogen) atoms. The van der Waals surface area contributed by atoms with Gasteiger partial charge in [-0.25, -0.2) is 0 Å². The zero-order valence-electron chi connectivity index (χ0n) is 10.7. The molecule has 0 spiro atoms. The topological polar surface area (TPSA) is 41.6 Å². The van der Waals surface area contributed by atoms with Crippen molar-refractivity contribution < 1.29 is 9.53 Å². The lowest BCUT2D eigenvalue weighted by Gasteiger charge is -2.38. The van der Waals surface area contributed by atoms with Crippen molar-refractivity contribution in [1.82, 2.24) is 10.2 Å². The van der Waals surface area contributed by atoms with Crippen LogP contribution in [0.4, 0.5) is 0 Å². The van der Waals surface area contributed by atoms with Gasteiger partial charge in [-0.15, -0.1) is 0 Å². The lowest BCUT2D eigenvalue weighted by Crippen LogP contribution is -2.47. The predicted octanol–water partition coefficient (Wildman–Crippen LogP) is 0.871. The van der Waals surface area contributed by atoms with E-state index in [0.717, 1.165) is 39.4 Å². The van der Waals surface area contributed by atoms with Crippen molar-refractivity contribution in [2.24, 2.45) is 5.41 Å². The lowest BCUT2D eigenvalue weighted by molar-refractivity contribution is -0.130. The second-order valence-electron chi connectivity index (χ2n) is 4.80. The van der Waals surface area contributed by atoms with Gasteiger partial charge >= 0.3 is 0 Å². The van der Waals surface area contributed by atoms with Gasteiger partial charge in [0.15, 0.2) is 0 Å². The van der Waals surface area contributed by atoms with E-state index in [1.54, 1.807) is 0 Å². The van der Waals surface area contributed by atoms with Gasteiger partial charge < -0.3 is 15.0 Å². The molecule has 1 rings (SSSR count). The molecular weight excluding hydrogens is 204 g/mol. The van der Waals surface area contributed by atoms with E-state index in [4.69, 9.17) is 4.74 Å². The van der Waals surface area contributed by atoms with Crippen LogP contribution >= 0.6 is 0 Å². The van der Waals surface area contributed by atoms with E-state index >= 15 is 0 Å². The number of nitrogens with zero attached hydrogens (tertiary/aromatic N) is 1. The Labute approximate surface area is 98.3 Å². The highest BCUT2D eigenvalue weighted by atomic mass is 16.5. The number of hydrogen-bond acceptors (Lipinski definition) is 3. The molecule has 0 aromatic carbocycles. The van der Waals surface area contributed by atoms with Crippen LogP contribution in [0.3, 0.4) is 0 Å². The van der Waals surface area contributed by atoms with E-state index in [1.807, 2.05) is 18.7 Å². The van der Waals surface area contributed by atoms with Gasteiger partial charge in [0.25, 0.3) is 0 Å². The van der Waals surface area contributed by atoms with E-state index < -0.39 is 0 Å². The van der Waals surface area contributed by atoms with Crippen LogP contribution in [0, 0.1) is 5.41 Å². The summed E-state index contributed by atoms with van der Waals surface area (Å²) in [4.78, 5) is 13.5. The van der Waals surface area contributed by atoms with Crippen LogP contribution < -0.4 is 5.32 Å². The van der Waals surface area contributed by atoms with Crippen LogP contribution in [-0.4, -0.2) is 50.2 Å². The van der Waals surface area contributed by atoms with Crippen molar-refractivity contribution in [2.45, 2.75) is 27.2 Å². The number of carbonyl (C=O) groups is 1. The summed E-state index contributed by atoms with van der Waals surface area (Å²) in [6, 6.07) is 0. The maximum absolute atomic E-state index is 11.7. The van der Waals surface area contributed by atoms with E-state index in [-0.39, 0.29) is 11.3 Å². The summed E-state index contributed by atoms with van der Waals surface area (Å²) in [5.41, 5.74) is 0.290.